The quantitative estimate of drug-likeness (QED) is 0.488. The van der Waals surface area contributed by atoms with E-state index in [9.17, 15) is 4.79 Å². The first-order valence-corrected chi connectivity index (χ1v) is 9.90. The molecule has 1 N–H and O–H groups in total. The molecule has 1 saturated carbocycles. The van der Waals surface area contributed by atoms with Crippen LogP contribution < -0.4 is 10.1 Å². The molecule has 0 aromatic heterocycles. The van der Waals surface area contributed by atoms with Crippen LogP contribution in [-0.4, -0.2) is 50.2 Å². The Bertz CT molecular complexity index is 670. The highest BCUT2D eigenvalue weighted by Gasteiger charge is 2.36. The minimum absolute atomic E-state index is 0.105. The van der Waals surface area contributed by atoms with Crippen LogP contribution in [0.15, 0.2) is 29.3 Å². The number of hydrogen-bond donors (Lipinski definition) is 1. The van der Waals surface area contributed by atoms with E-state index >= 15 is 0 Å². The molecule has 148 valence electrons. The second-order valence-corrected chi connectivity index (χ2v) is 7.54. The van der Waals surface area contributed by atoms with Crippen molar-refractivity contribution in [3.63, 3.8) is 0 Å². The molecule has 3 rings (SSSR count). The number of guanidine groups is 1. The highest BCUT2D eigenvalue weighted by Crippen LogP contribution is 2.27. The highest BCUT2D eigenvalue weighted by molar-refractivity contribution is 5.82. The Morgan fingerprint density at radius 3 is 2.70 bits per heavy atom. The van der Waals surface area contributed by atoms with E-state index in [0.717, 1.165) is 36.7 Å². The summed E-state index contributed by atoms with van der Waals surface area (Å²) in [5, 5.41) is 3.43. The van der Waals surface area contributed by atoms with E-state index in [-0.39, 0.29) is 17.8 Å². The number of esters is 1. The Kier molecular flexibility index (Phi) is 6.58. The van der Waals surface area contributed by atoms with Crippen molar-refractivity contribution in [3.8, 4) is 5.75 Å². The maximum Gasteiger partial charge on any atom is 0.310 e. The number of aliphatic imine (C=N–C) groups is 1. The van der Waals surface area contributed by atoms with Gasteiger partial charge >= 0.3 is 5.97 Å². The minimum atomic E-state index is -0.143. The molecule has 0 radical (unpaired) electrons. The summed E-state index contributed by atoms with van der Waals surface area (Å²) in [6.07, 6.45) is 5.14. The summed E-state index contributed by atoms with van der Waals surface area (Å²) < 4.78 is 11.2. The zero-order valence-corrected chi connectivity index (χ0v) is 16.6. The van der Waals surface area contributed by atoms with Crippen molar-refractivity contribution in [2.75, 3.05) is 27.2 Å². The largest absolute Gasteiger partial charge is 0.490 e. The molecule has 0 bridgehead atoms. The fraction of sp³-hybridized carbons (Fsp3) is 0.619. The van der Waals surface area contributed by atoms with Gasteiger partial charge in [-0.3, -0.25) is 9.79 Å². The smallest absolute Gasteiger partial charge is 0.310 e. The molecule has 6 nitrogen and oxygen atoms in total. The van der Waals surface area contributed by atoms with Crippen LogP contribution in [0.1, 0.15) is 38.2 Å². The third-order valence-electron chi connectivity index (χ3n) is 5.63. The van der Waals surface area contributed by atoms with Gasteiger partial charge in [0.2, 0.25) is 0 Å². The molecule has 1 heterocycles. The van der Waals surface area contributed by atoms with Crippen LogP contribution in [0, 0.1) is 11.8 Å². The third-order valence-corrected chi connectivity index (χ3v) is 5.63. The Hall–Kier alpha value is -2.24. The molecule has 1 saturated heterocycles. The number of rotatable bonds is 5. The lowest BCUT2D eigenvalue weighted by Gasteiger charge is -2.22. The number of likely N-dealkylation sites (tertiary alicyclic amines) is 1. The van der Waals surface area contributed by atoms with Crippen molar-refractivity contribution < 1.29 is 14.3 Å². The molecule has 2 atom stereocenters. The molecule has 1 aliphatic carbocycles. The van der Waals surface area contributed by atoms with E-state index in [1.165, 1.54) is 20.0 Å². The monoisotopic (exact) mass is 373 g/mol. The van der Waals surface area contributed by atoms with Gasteiger partial charge in [0.25, 0.3) is 0 Å². The number of carbonyl (C=O) groups excluding carboxylic acids is 1. The van der Waals surface area contributed by atoms with Crippen LogP contribution in [0.5, 0.6) is 5.75 Å². The summed E-state index contributed by atoms with van der Waals surface area (Å²) in [4.78, 5) is 18.5. The van der Waals surface area contributed by atoms with Crippen molar-refractivity contribution in [2.45, 2.75) is 45.3 Å². The zero-order chi connectivity index (χ0) is 19.2. The van der Waals surface area contributed by atoms with E-state index < -0.39 is 0 Å². The first-order chi connectivity index (χ1) is 13.1. The number of ether oxygens (including phenoxy) is 2. The summed E-state index contributed by atoms with van der Waals surface area (Å²) in [6, 6.07) is 8.19. The standard InChI is InChI=1S/C21H31N3O3/c1-15-13-24(14-18(15)20(25)26-3)21(22-2)23-12-16-8-4-7-11-19(16)27-17-9-5-6-10-17/h4,7-8,11,15,17-18H,5-6,9-10,12-14H2,1-3H3,(H,22,23). The molecule has 27 heavy (non-hydrogen) atoms. The summed E-state index contributed by atoms with van der Waals surface area (Å²) in [6.45, 7) is 4.15. The average molecular weight is 373 g/mol. The number of para-hydroxylation sites is 1. The van der Waals surface area contributed by atoms with Gasteiger partial charge in [0, 0.05) is 32.2 Å². The Labute approximate surface area is 161 Å². The lowest BCUT2D eigenvalue weighted by molar-refractivity contribution is -0.145. The van der Waals surface area contributed by atoms with E-state index in [4.69, 9.17) is 9.47 Å². The number of carbonyl (C=O) groups is 1. The number of hydrogen-bond acceptors (Lipinski definition) is 4. The number of nitrogens with one attached hydrogen (secondary N) is 1. The predicted octanol–water partition coefficient (Wildman–Crippen LogP) is 2.82. The van der Waals surface area contributed by atoms with Crippen molar-refractivity contribution in [2.24, 2.45) is 16.8 Å². The average Bonchev–Trinajstić information content (AvgIpc) is 3.32. The second-order valence-electron chi connectivity index (χ2n) is 7.54. The normalized spacial score (nSPS) is 23.5. The van der Waals surface area contributed by atoms with Gasteiger partial charge in [-0.25, -0.2) is 0 Å². The Morgan fingerprint density at radius 2 is 2.00 bits per heavy atom. The van der Waals surface area contributed by atoms with Gasteiger partial charge < -0.3 is 19.7 Å². The lowest BCUT2D eigenvalue weighted by atomic mass is 9.99. The maximum atomic E-state index is 11.9. The van der Waals surface area contributed by atoms with E-state index in [1.54, 1.807) is 7.05 Å². The van der Waals surface area contributed by atoms with Gasteiger partial charge in [0.15, 0.2) is 5.96 Å². The lowest BCUT2D eigenvalue weighted by Crippen LogP contribution is -2.40. The SMILES string of the molecule is CN=C(NCc1ccccc1OC1CCCC1)N1CC(C)C(C(=O)OC)C1. The maximum absolute atomic E-state index is 11.9. The summed E-state index contributed by atoms with van der Waals surface area (Å²) in [7, 11) is 3.23. The van der Waals surface area contributed by atoms with Gasteiger partial charge in [-0.2, -0.15) is 0 Å². The fourth-order valence-electron chi connectivity index (χ4n) is 4.06. The number of methoxy groups -OCH3 is 1. The number of nitrogens with zero attached hydrogens (tertiary/aromatic N) is 2. The van der Waals surface area contributed by atoms with Crippen molar-refractivity contribution in [1.82, 2.24) is 10.2 Å². The summed E-state index contributed by atoms with van der Waals surface area (Å²) in [5.41, 5.74) is 1.13. The van der Waals surface area contributed by atoms with Crippen molar-refractivity contribution in [3.05, 3.63) is 29.8 Å². The molecular weight excluding hydrogens is 342 g/mol. The van der Waals surface area contributed by atoms with Crippen molar-refractivity contribution >= 4 is 11.9 Å². The highest BCUT2D eigenvalue weighted by atomic mass is 16.5. The van der Waals surface area contributed by atoms with Gasteiger partial charge in [-0.1, -0.05) is 25.1 Å². The van der Waals surface area contributed by atoms with Crippen LogP contribution in [0.2, 0.25) is 0 Å². The van der Waals surface area contributed by atoms with Gasteiger partial charge in [-0.05, 0) is 37.7 Å². The molecule has 1 aromatic carbocycles. The molecule has 2 aliphatic rings. The summed E-state index contributed by atoms with van der Waals surface area (Å²) in [5.74, 6) is 1.76. The van der Waals surface area contributed by atoms with Crippen molar-refractivity contribution in [1.29, 1.82) is 0 Å². The molecule has 0 amide bonds. The van der Waals surface area contributed by atoms with Crippen LogP contribution in [0.4, 0.5) is 0 Å². The summed E-state index contributed by atoms with van der Waals surface area (Å²) >= 11 is 0. The molecule has 0 spiro atoms. The topological polar surface area (TPSA) is 63.2 Å². The first-order valence-electron chi connectivity index (χ1n) is 9.90. The minimum Gasteiger partial charge on any atom is -0.490 e. The van der Waals surface area contributed by atoms with Crippen LogP contribution in [0.3, 0.4) is 0 Å². The van der Waals surface area contributed by atoms with Crippen LogP contribution >= 0.6 is 0 Å². The first kappa shape index (κ1) is 19.5. The predicted molar refractivity (Wildman–Crippen MR) is 106 cm³/mol. The van der Waals surface area contributed by atoms with E-state index in [0.29, 0.717) is 19.2 Å². The van der Waals surface area contributed by atoms with Gasteiger partial charge in [-0.15, -0.1) is 0 Å². The second kappa shape index (κ2) is 9.11. The van der Waals surface area contributed by atoms with Crippen LogP contribution in [-0.2, 0) is 16.1 Å². The molecule has 2 fully saturated rings. The Morgan fingerprint density at radius 1 is 1.26 bits per heavy atom. The van der Waals surface area contributed by atoms with Gasteiger partial charge in [0.05, 0.1) is 19.1 Å². The van der Waals surface area contributed by atoms with E-state index in [2.05, 4.69) is 28.2 Å². The van der Waals surface area contributed by atoms with Crippen LogP contribution in [0.25, 0.3) is 0 Å². The molecule has 2 unspecified atom stereocenters. The zero-order valence-electron chi connectivity index (χ0n) is 16.6. The van der Waals surface area contributed by atoms with Gasteiger partial charge in [0.1, 0.15) is 5.75 Å². The third kappa shape index (κ3) is 4.73. The Balaban J connectivity index is 1.61. The molecule has 6 heteroatoms. The molecule has 1 aromatic rings. The fourth-order valence-corrected chi connectivity index (χ4v) is 4.06. The van der Waals surface area contributed by atoms with E-state index in [1.807, 2.05) is 18.2 Å². The molecular formula is C21H31N3O3. The molecule has 1 aliphatic heterocycles. The number of benzene rings is 1.